The number of unbranched alkanes of at least 4 members (excludes halogenated alkanes) is 1. The van der Waals surface area contributed by atoms with E-state index in [-0.39, 0.29) is 5.91 Å². The molecule has 1 saturated heterocycles. The van der Waals surface area contributed by atoms with Gasteiger partial charge in [0.05, 0.1) is 0 Å². The average molecular weight is 363 g/mol. The van der Waals surface area contributed by atoms with Gasteiger partial charge in [-0.2, -0.15) is 11.8 Å². The fraction of sp³-hybridized carbons (Fsp3) is 0.667. The van der Waals surface area contributed by atoms with Crippen molar-refractivity contribution in [1.82, 2.24) is 10.2 Å². The molecule has 1 aromatic rings. The third-order valence-corrected chi connectivity index (χ3v) is 5.77. The first-order chi connectivity index (χ1) is 12.1. The first kappa shape index (κ1) is 20.3. The predicted octanol–water partition coefficient (Wildman–Crippen LogP) is 4.43. The molecule has 0 aliphatic carbocycles. The van der Waals surface area contributed by atoms with E-state index in [1.165, 1.54) is 25.1 Å². The van der Waals surface area contributed by atoms with E-state index >= 15 is 0 Å². The predicted molar refractivity (Wildman–Crippen MR) is 109 cm³/mol. The monoisotopic (exact) mass is 362 g/mol. The van der Waals surface area contributed by atoms with Gasteiger partial charge in [-0.1, -0.05) is 32.9 Å². The van der Waals surface area contributed by atoms with Gasteiger partial charge in [0.1, 0.15) is 0 Å². The van der Waals surface area contributed by atoms with Gasteiger partial charge in [-0.05, 0) is 61.1 Å². The maximum Gasteiger partial charge on any atom is 0.251 e. The van der Waals surface area contributed by atoms with E-state index in [1.807, 2.05) is 23.9 Å². The van der Waals surface area contributed by atoms with E-state index in [4.69, 9.17) is 0 Å². The van der Waals surface area contributed by atoms with Gasteiger partial charge < -0.3 is 10.2 Å². The quantitative estimate of drug-likeness (QED) is 0.660. The van der Waals surface area contributed by atoms with Crippen LogP contribution in [0.2, 0.25) is 0 Å². The fourth-order valence-electron chi connectivity index (χ4n) is 3.71. The molecule has 1 N–H and O–H groups in total. The molecular weight excluding hydrogens is 328 g/mol. The summed E-state index contributed by atoms with van der Waals surface area (Å²) < 4.78 is 0. The minimum atomic E-state index is 0.0508. The lowest BCUT2D eigenvalue weighted by molar-refractivity contribution is 0.0951. The molecule has 0 radical (unpaired) electrons. The lowest BCUT2D eigenvalue weighted by Gasteiger charge is -2.34. The second-order valence-electron chi connectivity index (χ2n) is 7.50. The van der Waals surface area contributed by atoms with E-state index in [0.717, 1.165) is 54.8 Å². The minimum Gasteiger partial charge on any atom is -0.352 e. The number of likely N-dealkylation sites (tertiary alicyclic amines) is 1. The summed E-state index contributed by atoms with van der Waals surface area (Å²) in [4.78, 5) is 14.8. The Bertz CT molecular complexity index is 507. The van der Waals surface area contributed by atoms with Crippen LogP contribution in [-0.4, -0.2) is 42.7 Å². The van der Waals surface area contributed by atoms with Crippen LogP contribution in [0.3, 0.4) is 0 Å². The minimum absolute atomic E-state index is 0.0508. The number of amides is 1. The molecule has 0 aromatic heterocycles. The number of hydrogen-bond acceptors (Lipinski definition) is 3. The highest BCUT2D eigenvalue weighted by Crippen LogP contribution is 2.21. The summed E-state index contributed by atoms with van der Waals surface area (Å²) in [5.74, 6) is 3.84. The normalized spacial score (nSPS) is 21.2. The van der Waals surface area contributed by atoms with Gasteiger partial charge in [0.2, 0.25) is 0 Å². The van der Waals surface area contributed by atoms with Crippen molar-refractivity contribution in [3.05, 3.63) is 35.4 Å². The molecule has 1 heterocycles. The van der Waals surface area contributed by atoms with Crippen molar-refractivity contribution in [2.24, 2.45) is 11.8 Å². The SMILES string of the molecule is CCSCc1ccc(C(=O)NCCCCN2CC(C)CC(C)C2)cc1. The number of hydrogen-bond donors (Lipinski definition) is 1. The Morgan fingerprint density at radius 3 is 2.48 bits per heavy atom. The molecule has 1 amide bonds. The van der Waals surface area contributed by atoms with Crippen molar-refractivity contribution < 1.29 is 4.79 Å². The molecule has 4 heteroatoms. The largest absolute Gasteiger partial charge is 0.352 e. The zero-order valence-electron chi connectivity index (χ0n) is 16.1. The van der Waals surface area contributed by atoms with Crippen LogP contribution in [0.15, 0.2) is 24.3 Å². The van der Waals surface area contributed by atoms with Crippen molar-refractivity contribution in [3.63, 3.8) is 0 Å². The Balaban J connectivity index is 1.62. The molecule has 3 nitrogen and oxygen atoms in total. The van der Waals surface area contributed by atoms with Crippen LogP contribution in [0.4, 0.5) is 0 Å². The second-order valence-corrected chi connectivity index (χ2v) is 8.78. The zero-order chi connectivity index (χ0) is 18.1. The first-order valence-corrected chi connectivity index (χ1v) is 10.9. The maximum absolute atomic E-state index is 12.2. The summed E-state index contributed by atoms with van der Waals surface area (Å²) in [7, 11) is 0. The number of carbonyl (C=O) groups excluding carboxylic acids is 1. The van der Waals surface area contributed by atoms with Crippen LogP contribution < -0.4 is 5.32 Å². The molecule has 2 unspecified atom stereocenters. The van der Waals surface area contributed by atoms with Gasteiger partial charge in [-0.3, -0.25) is 4.79 Å². The molecule has 2 atom stereocenters. The number of piperidine rings is 1. The third-order valence-electron chi connectivity index (χ3n) is 4.82. The molecule has 1 aliphatic heterocycles. The summed E-state index contributed by atoms with van der Waals surface area (Å²) in [6.07, 6.45) is 3.58. The van der Waals surface area contributed by atoms with Gasteiger partial charge in [0.25, 0.3) is 5.91 Å². The van der Waals surface area contributed by atoms with E-state index in [1.54, 1.807) is 0 Å². The molecule has 0 spiro atoms. The van der Waals surface area contributed by atoms with Crippen molar-refractivity contribution >= 4 is 17.7 Å². The second kappa shape index (κ2) is 10.9. The Labute approximate surface area is 157 Å². The van der Waals surface area contributed by atoms with Gasteiger partial charge in [-0.25, -0.2) is 0 Å². The Kier molecular flexibility index (Phi) is 8.83. The molecule has 0 saturated carbocycles. The fourth-order valence-corrected chi connectivity index (χ4v) is 4.34. The zero-order valence-corrected chi connectivity index (χ0v) is 16.9. The topological polar surface area (TPSA) is 32.3 Å². The van der Waals surface area contributed by atoms with E-state index < -0.39 is 0 Å². The number of carbonyl (C=O) groups is 1. The van der Waals surface area contributed by atoms with Crippen LogP contribution in [-0.2, 0) is 5.75 Å². The van der Waals surface area contributed by atoms with Gasteiger partial charge in [0.15, 0.2) is 0 Å². The highest BCUT2D eigenvalue weighted by atomic mass is 32.2. The molecule has 1 fully saturated rings. The van der Waals surface area contributed by atoms with Crippen LogP contribution in [0, 0.1) is 11.8 Å². The number of nitrogens with zero attached hydrogens (tertiary/aromatic N) is 1. The van der Waals surface area contributed by atoms with E-state index in [0.29, 0.717) is 0 Å². The molecule has 1 aromatic carbocycles. The summed E-state index contributed by atoms with van der Waals surface area (Å²) in [5, 5.41) is 3.05. The smallest absolute Gasteiger partial charge is 0.251 e. The Morgan fingerprint density at radius 2 is 1.84 bits per heavy atom. The number of rotatable bonds is 9. The lowest BCUT2D eigenvalue weighted by Crippen LogP contribution is -2.39. The average Bonchev–Trinajstić information content (AvgIpc) is 2.59. The molecule has 25 heavy (non-hydrogen) atoms. The van der Waals surface area contributed by atoms with Gasteiger partial charge in [-0.15, -0.1) is 0 Å². The molecule has 2 rings (SSSR count). The summed E-state index contributed by atoms with van der Waals surface area (Å²) in [6, 6.07) is 8.02. The summed E-state index contributed by atoms with van der Waals surface area (Å²) in [5.41, 5.74) is 2.05. The first-order valence-electron chi connectivity index (χ1n) is 9.75. The van der Waals surface area contributed by atoms with Gasteiger partial charge >= 0.3 is 0 Å². The maximum atomic E-state index is 12.2. The van der Waals surface area contributed by atoms with Crippen molar-refractivity contribution in [3.8, 4) is 0 Å². The Morgan fingerprint density at radius 1 is 1.16 bits per heavy atom. The standard InChI is InChI=1S/C21H34N2OS/c1-4-25-16-19-7-9-20(10-8-19)21(24)22-11-5-6-12-23-14-17(2)13-18(3)15-23/h7-10,17-18H,4-6,11-16H2,1-3H3,(H,22,24). The van der Waals surface area contributed by atoms with Gasteiger partial charge in [0, 0.05) is 31.0 Å². The van der Waals surface area contributed by atoms with Crippen LogP contribution >= 0.6 is 11.8 Å². The highest BCUT2D eigenvalue weighted by Gasteiger charge is 2.20. The van der Waals surface area contributed by atoms with Crippen LogP contribution in [0.5, 0.6) is 0 Å². The molecule has 0 bridgehead atoms. The number of benzene rings is 1. The molecule has 140 valence electrons. The number of nitrogens with one attached hydrogen (secondary N) is 1. The summed E-state index contributed by atoms with van der Waals surface area (Å²) in [6.45, 7) is 11.3. The van der Waals surface area contributed by atoms with Crippen LogP contribution in [0.25, 0.3) is 0 Å². The van der Waals surface area contributed by atoms with Crippen molar-refractivity contribution in [1.29, 1.82) is 0 Å². The lowest BCUT2D eigenvalue weighted by atomic mass is 9.92. The van der Waals surface area contributed by atoms with Crippen molar-refractivity contribution in [2.75, 3.05) is 31.9 Å². The highest BCUT2D eigenvalue weighted by molar-refractivity contribution is 7.98. The third kappa shape index (κ3) is 7.41. The molecular formula is C21H34N2OS. The van der Waals surface area contributed by atoms with E-state index in [2.05, 4.69) is 43.1 Å². The Hall–Kier alpha value is -1.00. The van der Waals surface area contributed by atoms with Crippen molar-refractivity contribution in [2.45, 2.75) is 45.8 Å². The summed E-state index contributed by atoms with van der Waals surface area (Å²) >= 11 is 1.90. The van der Waals surface area contributed by atoms with E-state index in [9.17, 15) is 4.79 Å². The number of thioether (sulfide) groups is 1. The molecule has 1 aliphatic rings. The van der Waals surface area contributed by atoms with Crippen LogP contribution in [0.1, 0.15) is 56.0 Å².